The summed E-state index contributed by atoms with van der Waals surface area (Å²) in [6, 6.07) is 6.35. The number of hydrogen-bond acceptors (Lipinski definition) is 4. The number of fused-ring (bicyclic) bond motifs is 1. The summed E-state index contributed by atoms with van der Waals surface area (Å²) in [5.41, 5.74) is 3.56. The lowest BCUT2D eigenvalue weighted by molar-refractivity contribution is 0.311. The molecule has 1 aromatic carbocycles. The Hall–Kier alpha value is -1.68. The van der Waals surface area contributed by atoms with Gasteiger partial charge >= 0.3 is 0 Å². The minimum absolute atomic E-state index is 0.748. The molecule has 3 nitrogen and oxygen atoms in total. The normalized spacial score (nSPS) is 15.4. The molecule has 0 bridgehead atoms. The van der Waals surface area contributed by atoms with E-state index in [1.807, 2.05) is 6.21 Å². The number of nitrogens with zero attached hydrogens (tertiary/aromatic N) is 2. The van der Waals surface area contributed by atoms with Crippen LogP contribution in [0.3, 0.4) is 0 Å². The highest BCUT2D eigenvalue weighted by Gasteiger charge is 2.14. The summed E-state index contributed by atoms with van der Waals surface area (Å²) < 4.78 is 5.74. The van der Waals surface area contributed by atoms with Gasteiger partial charge in [-0.15, -0.1) is 0 Å². The lowest BCUT2D eigenvalue weighted by Crippen LogP contribution is -2.28. The van der Waals surface area contributed by atoms with Crippen molar-refractivity contribution in [3.63, 3.8) is 0 Å². The predicted molar refractivity (Wildman–Crippen MR) is 99.8 cm³/mol. The quantitative estimate of drug-likeness (QED) is 0.489. The molecule has 0 fully saturated rings. The summed E-state index contributed by atoms with van der Waals surface area (Å²) >= 11 is 4.14. The Bertz CT molecular complexity index is 578. The van der Waals surface area contributed by atoms with Gasteiger partial charge in [0.15, 0.2) is 0 Å². The molecule has 0 unspecified atom stereocenters. The molecule has 0 saturated carbocycles. The number of ether oxygens (including phenoxy) is 1. The number of rotatable bonds is 6. The van der Waals surface area contributed by atoms with Gasteiger partial charge in [0.1, 0.15) is 12.4 Å². The van der Waals surface area contributed by atoms with Gasteiger partial charge in [-0.2, -0.15) is 12.6 Å². The molecule has 0 saturated heterocycles. The van der Waals surface area contributed by atoms with E-state index in [1.165, 1.54) is 5.57 Å². The molecule has 1 heterocycles. The maximum atomic E-state index is 5.74. The zero-order chi connectivity index (χ0) is 15.8. The molecule has 1 aliphatic rings. The monoisotopic (exact) mass is 316 g/mol. The average molecular weight is 316 g/mol. The van der Waals surface area contributed by atoms with Crippen molar-refractivity contribution in [2.24, 2.45) is 4.99 Å². The number of allylic oxidation sites excluding steroid dienone is 3. The van der Waals surface area contributed by atoms with Crippen molar-refractivity contribution in [2.75, 3.05) is 37.4 Å². The Morgan fingerprint density at radius 3 is 3.09 bits per heavy atom. The third-order valence-corrected chi connectivity index (χ3v) is 3.80. The first kappa shape index (κ1) is 16.7. The first-order chi connectivity index (χ1) is 10.7. The molecule has 0 atom stereocenters. The first-order valence-electron chi connectivity index (χ1n) is 7.70. The highest BCUT2D eigenvalue weighted by Crippen LogP contribution is 2.31. The first-order valence-corrected chi connectivity index (χ1v) is 8.33. The number of thiol groups is 1. The van der Waals surface area contributed by atoms with Crippen molar-refractivity contribution in [1.82, 2.24) is 0 Å². The van der Waals surface area contributed by atoms with Crippen molar-refractivity contribution >= 4 is 30.6 Å². The molecule has 1 aliphatic heterocycles. The highest BCUT2D eigenvalue weighted by atomic mass is 32.1. The van der Waals surface area contributed by atoms with Crippen LogP contribution in [0.4, 0.5) is 5.69 Å². The zero-order valence-electron chi connectivity index (χ0n) is 13.3. The highest BCUT2D eigenvalue weighted by molar-refractivity contribution is 7.80. The topological polar surface area (TPSA) is 24.8 Å². The van der Waals surface area contributed by atoms with Gasteiger partial charge in [0, 0.05) is 25.6 Å². The summed E-state index contributed by atoms with van der Waals surface area (Å²) in [5, 5.41) is 0. The van der Waals surface area contributed by atoms with Gasteiger partial charge < -0.3 is 9.64 Å². The summed E-state index contributed by atoms with van der Waals surface area (Å²) in [5.74, 6) is 1.75. The van der Waals surface area contributed by atoms with E-state index in [9.17, 15) is 0 Å². The molecule has 0 aliphatic carbocycles. The van der Waals surface area contributed by atoms with Gasteiger partial charge in [-0.1, -0.05) is 25.1 Å². The summed E-state index contributed by atoms with van der Waals surface area (Å²) in [7, 11) is 2.10. The molecule has 0 amide bonds. The van der Waals surface area contributed by atoms with Crippen LogP contribution < -0.4 is 9.64 Å². The Morgan fingerprint density at radius 1 is 1.45 bits per heavy atom. The molecule has 22 heavy (non-hydrogen) atoms. The van der Waals surface area contributed by atoms with Crippen molar-refractivity contribution in [1.29, 1.82) is 0 Å². The third kappa shape index (κ3) is 4.67. The molecule has 0 N–H and O–H groups in total. The molecule has 0 radical (unpaired) electrons. The lowest BCUT2D eigenvalue weighted by atomic mass is 10.1. The Labute approximate surface area is 138 Å². The van der Waals surface area contributed by atoms with Gasteiger partial charge in [0.2, 0.25) is 0 Å². The second kappa shape index (κ2) is 8.69. The van der Waals surface area contributed by atoms with Gasteiger partial charge in [0.25, 0.3) is 0 Å². The number of likely N-dealkylation sites (N-methyl/N-ethyl adjacent to an activating group) is 1. The Kier molecular flexibility index (Phi) is 6.59. The van der Waals surface area contributed by atoms with Gasteiger partial charge in [-0.05, 0) is 35.8 Å². The summed E-state index contributed by atoms with van der Waals surface area (Å²) in [6.07, 6.45) is 9.17. The fraction of sp³-hybridized carbons (Fsp3) is 0.389. The Morgan fingerprint density at radius 2 is 2.32 bits per heavy atom. The van der Waals surface area contributed by atoms with Gasteiger partial charge in [-0.3, -0.25) is 4.99 Å². The number of anilines is 1. The minimum atomic E-state index is 0.748. The van der Waals surface area contributed by atoms with E-state index in [-0.39, 0.29) is 0 Å². The van der Waals surface area contributed by atoms with E-state index in [1.54, 1.807) is 0 Å². The zero-order valence-corrected chi connectivity index (χ0v) is 14.2. The van der Waals surface area contributed by atoms with Crippen LogP contribution in [0, 0.1) is 0 Å². The number of hydrogen-bond donors (Lipinski definition) is 1. The van der Waals surface area contributed by atoms with E-state index >= 15 is 0 Å². The van der Waals surface area contributed by atoms with E-state index in [2.05, 4.69) is 72.9 Å². The predicted octanol–water partition coefficient (Wildman–Crippen LogP) is 3.87. The van der Waals surface area contributed by atoms with Gasteiger partial charge in [-0.25, -0.2) is 0 Å². The molecular weight excluding hydrogens is 292 g/mol. The largest absolute Gasteiger partial charge is 0.490 e. The van der Waals surface area contributed by atoms with Crippen LogP contribution in [0.1, 0.15) is 18.9 Å². The maximum absolute atomic E-state index is 5.74. The molecule has 4 heteroatoms. The SMILES string of the molecule is CCC(/C=C/c1ccc2c(c1)OCCN2C)=C\C=NCCS. The third-order valence-electron chi connectivity index (χ3n) is 3.60. The van der Waals surface area contributed by atoms with Crippen molar-refractivity contribution in [3.8, 4) is 5.75 Å². The number of aliphatic imine (C=N–C) groups is 1. The van der Waals surface area contributed by atoms with Crippen LogP contribution in [0.25, 0.3) is 6.08 Å². The molecule has 0 aromatic heterocycles. The molecule has 0 spiro atoms. The molecule has 1 aromatic rings. The fourth-order valence-corrected chi connectivity index (χ4v) is 2.37. The summed E-state index contributed by atoms with van der Waals surface area (Å²) in [6.45, 7) is 4.60. The standard InChI is InChI=1S/C18H24N2OS/c1-3-15(8-9-19-10-13-22)4-5-16-6-7-17-18(14-16)21-12-11-20(17)2/h4-9,14,22H,3,10-13H2,1-2H3/b5-4+,15-8+,19-9?. The Balaban J connectivity index is 2.08. The van der Waals surface area contributed by atoms with Crippen molar-refractivity contribution in [3.05, 3.63) is 41.5 Å². The van der Waals surface area contributed by atoms with Crippen molar-refractivity contribution in [2.45, 2.75) is 13.3 Å². The van der Waals surface area contributed by atoms with E-state index in [0.29, 0.717) is 0 Å². The van der Waals surface area contributed by atoms with Crippen LogP contribution >= 0.6 is 12.6 Å². The second-order valence-corrected chi connectivity index (χ2v) is 5.65. The van der Waals surface area contributed by atoms with E-state index in [0.717, 1.165) is 48.9 Å². The lowest BCUT2D eigenvalue weighted by Gasteiger charge is -2.27. The van der Waals surface area contributed by atoms with Crippen LogP contribution in [-0.2, 0) is 0 Å². The van der Waals surface area contributed by atoms with Gasteiger partial charge in [0.05, 0.1) is 12.2 Å². The fourth-order valence-electron chi connectivity index (χ4n) is 2.25. The number of benzene rings is 1. The van der Waals surface area contributed by atoms with E-state index in [4.69, 9.17) is 4.74 Å². The van der Waals surface area contributed by atoms with Crippen LogP contribution in [0.15, 0.2) is 40.9 Å². The average Bonchev–Trinajstić information content (AvgIpc) is 2.54. The van der Waals surface area contributed by atoms with Crippen LogP contribution in [0.5, 0.6) is 5.75 Å². The molecular formula is C18H24N2OS. The maximum Gasteiger partial charge on any atom is 0.143 e. The smallest absolute Gasteiger partial charge is 0.143 e. The van der Waals surface area contributed by atoms with Crippen LogP contribution in [-0.4, -0.2) is 38.7 Å². The molecule has 2 rings (SSSR count). The molecule has 118 valence electrons. The van der Waals surface area contributed by atoms with Crippen molar-refractivity contribution < 1.29 is 4.74 Å². The second-order valence-electron chi connectivity index (χ2n) is 5.20. The van der Waals surface area contributed by atoms with Crippen LogP contribution in [0.2, 0.25) is 0 Å². The minimum Gasteiger partial charge on any atom is -0.490 e. The van der Waals surface area contributed by atoms with E-state index < -0.39 is 0 Å². The summed E-state index contributed by atoms with van der Waals surface area (Å²) in [4.78, 5) is 6.49.